The van der Waals surface area contributed by atoms with E-state index in [0.717, 1.165) is 19.3 Å². The van der Waals surface area contributed by atoms with Gasteiger partial charge in [0.1, 0.15) is 11.4 Å². The molecule has 134 valence electrons. The van der Waals surface area contributed by atoms with E-state index in [-0.39, 0.29) is 12.5 Å². The molecule has 0 aromatic heterocycles. The van der Waals surface area contributed by atoms with Crippen LogP contribution < -0.4 is 15.8 Å². The fraction of sp³-hybridized carbons (Fsp3) is 0.556. The van der Waals surface area contributed by atoms with Crippen LogP contribution in [-0.2, 0) is 14.3 Å². The van der Waals surface area contributed by atoms with Gasteiger partial charge in [0, 0.05) is 12.3 Å². The average Bonchev–Trinajstić information content (AvgIpc) is 2.57. The van der Waals surface area contributed by atoms with Gasteiger partial charge in [-0.3, -0.25) is 9.59 Å². The first-order valence-corrected chi connectivity index (χ1v) is 8.38. The summed E-state index contributed by atoms with van der Waals surface area (Å²) in [5.41, 5.74) is 4.84. The van der Waals surface area contributed by atoms with Crippen LogP contribution in [0.15, 0.2) is 24.3 Å². The average molecular weight is 336 g/mol. The van der Waals surface area contributed by atoms with E-state index in [1.807, 2.05) is 13.8 Å². The third-order valence-electron chi connectivity index (χ3n) is 3.61. The Hall–Kier alpha value is -2.08. The number of nitrogens with two attached hydrogens (primary N) is 1. The van der Waals surface area contributed by atoms with E-state index in [9.17, 15) is 9.59 Å². The first kappa shape index (κ1) is 20.0. The quantitative estimate of drug-likeness (QED) is 0.650. The van der Waals surface area contributed by atoms with Gasteiger partial charge in [-0.25, -0.2) is 0 Å². The van der Waals surface area contributed by atoms with E-state index in [0.29, 0.717) is 24.5 Å². The molecule has 0 spiro atoms. The number of primary amides is 1. The molecule has 1 aromatic carbocycles. The molecule has 1 aromatic rings. The Morgan fingerprint density at radius 3 is 2.38 bits per heavy atom. The minimum Gasteiger partial charge on any atom is -0.484 e. The van der Waals surface area contributed by atoms with Gasteiger partial charge in [0.05, 0.1) is 0 Å². The highest BCUT2D eigenvalue weighted by atomic mass is 16.5. The topological polar surface area (TPSA) is 90.7 Å². The lowest BCUT2D eigenvalue weighted by Crippen LogP contribution is -2.43. The Labute approximate surface area is 143 Å². The van der Waals surface area contributed by atoms with Gasteiger partial charge >= 0.3 is 0 Å². The van der Waals surface area contributed by atoms with Gasteiger partial charge in [-0.2, -0.15) is 0 Å². The third kappa shape index (κ3) is 6.58. The summed E-state index contributed by atoms with van der Waals surface area (Å²) >= 11 is 0. The first-order chi connectivity index (χ1) is 11.4. The number of carbonyl (C=O) groups excluding carboxylic acids is 2. The molecule has 0 fully saturated rings. The van der Waals surface area contributed by atoms with E-state index >= 15 is 0 Å². The van der Waals surface area contributed by atoms with Crippen LogP contribution in [0, 0.1) is 0 Å². The number of nitrogens with one attached hydrogen (secondary N) is 1. The van der Waals surface area contributed by atoms with Crippen LogP contribution in [0.3, 0.4) is 0 Å². The van der Waals surface area contributed by atoms with Gasteiger partial charge in [0.25, 0.3) is 11.8 Å². The Kier molecular flexibility index (Phi) is 8.26. The second-order valence-corrected chi connectivity index (χ2v) is 5.92. The summed E-state index contributed by atoms with van der Waals surface area (Å²) in [6.07, 6.45) is 3.47. The highest BCUT2D eigenvalue weighted by molar-refractivity contribution is 5.97. The molecule has 6 nitrogen and oxygen atoms in total. The molecule has 0 heterocycles. The molecular weight excluding hydrogens is 308 g/mol. The molecule has 0 saturated heterocycles. The number of hydrogen-bond acceptors (Lipinski definition) is 4. The van der Waals surface area contributed by atoms with Gasteiger partial charge in [0.2, 0.25) is 0 Å². The molecule has 0 bridgehead atoms. The smallest absolute Gasteiger partial charge is 0.256 e. The van der Waals surface area contributed by atoms with Crippen LogP contribution in [-0.4, -0.2) is 30.6 Å². The summed E-state index contributed by atoms with van der Waals surface area (Å²) in [5.74, 6) is -0.176. The van der Waals surface area contributed by atoms with Crippen LogP contribution in [0.4, 0.5) is 5.69 Å². The van der Waals surface area contributed by atoms with Crippen molar-refractivity contribution in [3.05, 3.63) is 24.3 Å². The van der Waals surface area contributed by atoms with Crippen molar-refractivity contribution in [1.29, 1.82) is 0 Å². The van der Waals surface area contributed by atoms with Crippen LogP contribution in [0.1, 0.15) is 46.5 Å². The second-order valence-electron chi connectivity index (χ2n) is 5.92. The maximum atomic E-state index is 12.6. The Morgan fingerprint density at radius 2 is 1.83 bits per heavy atom. The highest BCUT2D eigenvalue weighted by Crippen LogP contribution is 2.23. The second kappa shape index (κ2) is 9.93. The first-order valence-electron chi connectivity index (χ1n) is 8.38. The van der Waals surface area contributed by atoms with Gasteiger partial charge in [0.15, 0.2) is 6.61 Å². The maximum absolute atomic E-state index is 12.6. The van der Waals surface area contributed by atoms with E-state index < -0.39 is 11.5 Å². The van der Waals surface area contributed by atoms with Crippen molar-refractivity contribution >= 4 is 17.5 Å². The summed E-state index contributed by atoms with van der Waals surface area (Å²) in [5, 5.41) is 2.88. The van der Waals surface area contributed by atoms with Gasteiger partial charge in [-0.05, 0) is 44.0 Å². The minimum absolute atomic E-state index is 0.157. The molecule has 3 N–H and O–H groups in total. The van der Waals surface area contributed by atoms with Crippen molar-refractivity contribution in [1.82, 2.24) is 0 Å². The lowest BCUT2D eigenvalue weighted by molar-refractivity contribution is -0.140. The van der Waals surface area contributed by atoms with Gasteiger partial charge in [-0.15, -0.1) is 0 Å². The Morgan fingerprint density at radius 1 is 1.17 bits per heavy atom. The zero-order chi connectivity index (χ0) is 18.0. The number of anilines is 1. The van der Waals surface area contributed by atoms with E-state index in [4.69, 9.17) is 15.2 Å². The Balaban J connectivity index is 2.70. The molecule has 0 aliphatic carbocycles. The number of hydrogen-bond donors (Lipinski definition) is 2. The predicted octanol–water partition coefficient (Wildman–Crippen LogP) is 2.86. The van der Waals surface area contributed by atoms with Crippen molar-refractivity contribution in [3.63, 3.8) is 0 Å². The number of carbonyl (C=O) groups is 2. The maximum Gasteiger partial charge on any atom is 0.256 e. The third-order valence-corrected chi connectivity index (χ3v) is 3.61. The fourth-order valence-corrected chi connectivity index (χ4v) is 2.14. The number of rotatable bonds is 11. The summed E-state index contributed by atoms with van der Waals surface area (Å²) in [6, 6.07) is 6.78. The van der Waals surface area contributed by atoms with Crippen molar-refractivity contribution in [2.45, 2.75) is 52.1 Å². The molecule has 0 aliphatic heterocycles. The molecule has 6 heteroatoms. The molecule has 2 amide bonds. The monoisotopic (exact) mass is 336 g/mol. The summed E-state index contributed by atoms with van der Waals surface area (Å²) in [6.45, 7) is 6.31. The molecule has 1 atom stereocenters. The van der Waals surface area contributed by atoms with Crippen molar-refractivity contribution in [3.8, 4) is 5.75 Å². The molecule has 0 unspecified atom stereocenters. The number of unbranched alkanes of at least 4 members (excludes halogenated alkanes) is 1. The highest BCUT2D eigenvalue weighted by Gasteiger charge is 2.33. The van der Waals surface area contributed by atoms with Crippen LogP contribution in [0.2, 0.25) is 0 Å². The molecule has 24 heavy (non-hydrogen) atoms. The summed E-state index contributed by atoms with van der Waals surface area (Å²) in [4.78, 5) is 23.3. The zero-order valence-corrected chi connectivity index (χ0v) is 14.8. The summed E-state index contributed by atoms with van der Waals surface area (Å²) < 4.78 is 11.0. The molecule has 0 saturated carbocycles. The molecular formula is C18H28N2O4. The standard InChI is InChI=1S/C18H28N2O4/c1-4-6-11-18(3,24-12-5-2)17(22)20-14-7-9-15(10-8-14)23-13-16(19)21/h7-10H,4-6,11-13H2,1-3H3,(H2,19,21)(H,20,22)/t18-/m1/s1. The molecule has 1 rings (SSSR count). The SMILES string of the molecule is CCCC[C@@](C)(OCCC)C(=O)Nc1ccc(OCC(N)=O)cc1. The molecule has 0 radical (unpaired) electrons. The lowest BCUT2D eigenvalue weighted by Gasteiger charge is -2.28. The van der Waals surface area contributed by atoms with Crippen LogP contribution in [0.5, 0.6) is 5.75 Å². The largest absolute Gasteiger partial charge is 0.484 e. The Bertz CT molecular complexity index is 520. The number of ether oxygens (including phenoxy) is 2. The van der Waals surface area contributed by atoms with Crippen molar-refractivity contribution in [2.24, 2.45) is 5.73 Å². The summed E-state index contributed by atoms with van der Waals surface area (Å²) in [7, 11) is 0. The zero-order valence-electron chi connectivity index (χ0n) is 14.8. The van der Waals surface area contributed by atoms with Crippen molar-refractivity contribution < 1.29 is 19.1 Å². The number of benzene rings is 1. The minimum atomic E-state index is -0.840. The van der Waals surface area contributed by atoms with E-state index in [1.54, 1.807) is 24.3 Å². The van der Waals surface area contributed by atoms with Crippen LogP contribution in [0.25, 0.3) is 0 Å². The fourth-order valence-electron chi connectivity index (χ4n) is 2.14. The van der Waals surface area contributed by atoms with Crippen molar-refractivity contribution in [2.75, 3.05) is 18.5 Å². The van der Waals surface area contributed by atoms with Crippen LogP contribution >= 0.6 is 0 Å². The number of amides is 2. The lowest BCUT2D eigenvalue weighted by atomic mass is 9.97. The van der Waals surface area contributed by atoms with Gasteiger partial charge < -0.3 is 20.5 Å². The van der Waals surface area contributed by atoms with E-state index in [1.165, 1.54) is 0 Å². The predicted molar refractivity (Wildman–Crippen MR) is 93.9 cm³/mol. The van der Waals surface area contributed by atoms with E-state index in [2.05, 4.69) is 12.2 Å². The molecule has 0 aliphatic rings. The normalized spacial score (nSPS) is 13.1. The van der Waals surface area contributed by atoms with Gasteiger partial charge in [-0.1, -0.05) is 26.7 Å².